The van der Waals surface area contributed by atoms with Crippen molar-refractivity contribution in [3.05, 3.63) is 51.2 Å². The number of benzene rings is 1. The fraction of sp³-hybridized carbons (Fsp3) is 0.633. The normalized spacial score (nSPS) is 15.2. The molecule has 0 unspecified atom stereocenters. The number of anilines is 2. The molecule has 3 rings (SSSR count). The summed E-state index contributed by atoms with van der Waals surface area (Å²) in [6.45, 7) is 21.6. The van der Waals surface area contributed by atoms with Crippen molar-refractivity contribution >= 4 is 17.4 Å². The number of rotatable bonds is 9. The zero-order valence-corrected chi connectivity index (χ0v) is 25.2. The van der Waals surface area contributed by atoms with Crippen molar-refractivity contribution in [2.45, 2.75) is 86.4 Å². The van der Waals surface area contributed by atoms with Gasteiger partial charge in [0.2, 0.25) is 5.91 Å². The quantitative estimate of drug-likeness (QED) is 0.502. The lowest BCUT2D eigenvalue weighted by Gasteiger charge is -2.38. The Morgan fingerprint density at radius 1 is 0.897 bits per heavy atom. The van der Waals surface area contributed by atoms with Crippen molar-refractivity contribution in [2.24, 2.45) is 5.41 Å². The van der Waals surface area contributed by atoms with Crippen molar-refractivity contribution < 1.29 is 9.53 Å². The van der Waals surface area contributed by atoms with Crippen LogP contribution < -0.4 is 26.2 Å². The highest BCUT2D eigenvalue weighted by Gasteiger charge is 2.26. The highest BCUT2D eigenvalue weighted by molar-refractivity contribution is 5.94. The molecule has 1 fully saturated rings. The number of nitrogens with one attached hydrogen (secondary N) is 1. The van der Waals surface area contributed by atoms with Crippen LogP contribution >= 0.6 is 0 Å². The number of ether oxygens (including phenoxy) is 1. The molecular weight excluding hydrogens is 494 g/mol. The predicted molar refractivity (Wildman–Crippen MR) is 158 cm³/mol. The van der Waals surface area contributed by atoms with Gasteiger partial charge in [-0.05, 0) is 72.2 Å². The molecule has 9 nitrogen and oxygen atoms in total. The summed E-state index contributed by atoms with van der Waals surface area (Å²) in [7, 11) is 0. The Hall–Kier alpha value is -3.07. The van der Waals surface area contributed by atoms with Gasteiger partial charge in [0.15, 0.2) is 0 Å². The molecule has 216 valence electrons. The highest BCUT2D eigenvalue weighted by atomic mass is 16.5. The highest BCUT2D eigenvalue weighted by Crippen LogP contribution is 2.25. The largest absolute Gasteiger partial charge is 0.488 e. The molecule has 0 radical (unpaired) electrons. The zero-order chi connectivity index (χ0) is 29.1. The van der Waals surface area contributed by atoms with Gasteiger partial charge in [0.05, 0.1) is 0 Å². The Morgan fingerprint density at radius 3 is 1.97 bits per heavy atom. The van der Waals surface area contributed by atoms with Crippen LogP contribution in [0, 0.1) is 5.41 Å². The first kappa shape index (κ1) is 30.5. The smallest absolute Gasteiger partial charge is 0.333 e. The van der Waals surface area contributed by atoms with E-state index in [-0.39, 0.29) is 34.8 Å². The van der Waals surface area contributed by atoms with Gasteiger partial charge in [-0.25, -0.2) is 4.79 Å². The number of hydrogen-bond donors (Lipinski definition) is 1. The van der Waals surface area contributed by atoms with E-state index in [1.165, 1.54) is 4.57 Å². The lowest BCUT2D eigenvalue weighted by Crippen LogP contribution is -2.51. The van der Waals surface area contributed by atoms with E-state index in [0.29, 0.717) is 5.82 Å². The molecule has 0 aliphatic carbocycles. The van der Waals surface area contributed by atoms with E-state index in [1.807, 2.05) is 72.7 Å². The lowest BCUT2D eigenvalue weighted by atomic mass is 9.95. The van der Waals surface area contributed by atoms with E-state index >= 15 is 0 Å². The molecule has 0 saturated carbocycles. The van der Waals surface area contributed by atoms with E-state index in [2.05, 4.69) is 29.0 Å². The summed E-state index contributed by atoms with van der Waals surface area (Å²) in [5.41, 5.74) is -0.552. The Kier molecular flexibility index (Phi) is 9.36. The lowest BCUT2D eigenvalue weighted by molar-refractivity contribution is -0.123. The summed E-state index contributed by atoms with van der Waals surface area (Å²) in [5, 5.41) is 2.94. The molecule has 0 bridgehead atoms. The first-order chi connectivity index (χ1) is 18.1. The van der Waals surface area contributed by atoms with E-state index < -0.39 is 5.41 Å². The Balaban J connectivity index is 1.57. The number of hydrogen-bond acceptors (Lipinski definition) is 6. The minimum Gasteiger partial charge on any atom is -0.488 e. The van der Waals surface area contributed by atoms with Gasteiger partial charge in [-0.15, -0.1) is 0 Å². The number of amides is 1. The fourth-order valence-corrected chi connectivity index (χ4v) is 4.69. The van der Waals surface area contributed by atoms with Crippen LogP contribution in [0.2, 0.25) is 0 Å². The number of carbonyl (C=O) groups excluding carboxylic acids is 1. The Labute approximate surface area is 232 Å². The van der Waals surface area contributed by atoms with Gasteiger partial charge in [0.25, 0.3) is 5.56 Å². The second-order valence-electron chi connectivity index (χ2n) is 12.7. The second kappa shape index (κ2) is 12.0. The van der Waals surface area contributed by atoms with Crippen LogP contribution in [0.15, 0.2) is 39.9 Å². The van der Waals surface area contributed by atoms with Crippen molar-refractivity contribution in [3.63, 3.8) is 0 Å². The molecule has 2 heterocycles. The number of piperazine rings is 1. The molecule has 39 heavy (non-hydrogen) atoms. The standard InChI is InChI=1S/C30H47N5O4/c1-21(2)34-25(20-26(36)35(22(3)4)28(34)38)33-18-16-32(17-19-33)15-14-30(8,9)39-24-12-10-23(11-13-24)31-27(37)29(5,6)7/h10-13,20-22H,14-19H2,1-9H3,(H,31,37). The maximum Gasteiger partial charge on any atom is 0.333 e. The molecule has 1 aromatic heterocycles. The molecule has 1 aliphatic rings. The molecule has 1 aromatic carbocycles. The summed E-state index contributed by atoms with van der Waals surface area (Å²) >= 11 is 0. The zero-order valence-electron chi connectivity index (χ0n) is 25.2. The summed E-state index contributed by atoms with van der Waals surface area (Å²) < 4.78 is 9.36. The molecule has 1 amide bonds. The SMILES string of the molecule is CC(C)n1c(N2CCN(CCC(C)(C)Oc3ccc(NC(=O)C(C)(C)C)cc3)CC2)cc(=O)n(C(C)C)c1=O. The molecule has 0 atom stereocenters. The third-order valence-electron chi connectivity index (χ3n) is 7.10. The minimum atomic E-state index is -0.451. The average Bonchev–Trinajstić information content (AvgIpc) is 2.82. The van der Waals surface area contributed by atoms with Crippen molar-refractivity contribution in [3.8, 4) is 5.75 Å². The van der Waals surface area contributed by atoms with Crippen LogP contribution in [0.25, 0.3) is 0 Å². The van der Waals surface area contributed by atoms with Gasteiger partial charge in [0, 0.05) is 62.0 Å². The van der Waals surface area contributed by atoms with Crippen LogP contribution in [-0.4, -0.2) is 58.3 Å². The van der Waals surface area contributed by atoms with Gasteiger partial charge in [-0.1, -0.05) is 20.8 Å². The first-order valence-corrected chi connectivity index (χ1v) is 14.0. The summed E-state index contributed by atoms with van der Waals surface area (Å²) in [5.74, 6) is 1.45. The van der Waals surface area contributed by atoms with Crippen molar-refractivity contribution in [1.29, 1.82) is 0 Å². The summed E-state index contributed by atoms with van der Waals surface area (Å²) in [4.78, 5) is 42.6. The number of nitrogens with zero attached hydrogens (tertiary/aromatic N) is 4. The molecule has 1 saturated heterocycles. The summed E-state index contributed by atoms with van der Waals surface area (Å²) in [6.07, 6.45) is 0.844. The summed E-state index contributed by atoms with van der Waals surface area (Å²) in [6, 6.07) is 8.90. The minimum absolute atomic E-state index is 0.0241. The average molecular weight is 542 g/mol. The van der Waals surface area contributed by atoms with Gasteiger partial charge in [0.1, 0.15) is 17.2 Å². The first-order valence-electron chi connectivity index (χ1n) is 14.0. The van der Waals surface area contributed by atoms with E-state index in [9.17, 15) is 14.4 Å². The van der Waals surface area contributed by atoms with Crippen molar-refractivity contribution in [2.75, 3.05) is 42.9 Å². The van der Waals surface area contributed by atoms with Gasteiger partial charge in [-0.3, -0.25) is 23.6 Å². The monoisotopic (exact) mass is 541 g/mol. The number of carbonyl (C=O) groups is 1. The molecule has 1 aliphatic heterocycles. The molecule has 2 aromatic rings. The van der Waals surface area contributed by atoms with Crippen molar-refractivity contribution in [1.82, 2.24) is 14.0 Å². The molecule has 9 heteroatoms. The van der Waals surface area contributed by atoms with Crippen LogP contribution in [0.1, 0.15) is 80.8 Å². The number of aromatic nitrogens is 2. The third-order valence-corrected chi connectivity index (χ3v) is 7.10. The van der Waals surface area contributed by atoms with E-state index in [0.717, 1.165) is 50.6 Å². The fourth-order valence-electron chi connectivity index (χ4n) is 4.69. The molecular formula is C30H47N5O4. The van der Waals surface area contributed by atoms with E-state index in [4.69, 9.17) is 4.74 Å². The second-order valence-corrected chi connectivity index (χ2v) is 12.7. The third kappa shape index (κ3) is 7.75. The van der Waals surface area contributed by atoms with Crippen LogP contribution in [0.4, 0.5) is 11.5 Å². The molecule has 0 spiro atoms. The van der Waals surface area contributed by atoms with Crippen LogP contribution in [0.3, 0.4) is 0 Å². The maximum atomic E-state index is 13.1. The van der Waals surface area contributed by atoms with Gasteiger partial charge in [-0.2, -0.15) is 0 Å². The predicted octanol–water partition coefficient (Wildman–Crippen LogP) is 4.53. The van der Waals surface area contributed by atoms with Gasteiger partial charge >= 0.3 is 5.69 Å². The van der Waals surface area contributed by atoms with Crippen LogP contribution in [-0.2, 0) is 4.79 Å². The maximum absolute atomic E-state index is 13.1. The van der Waals surface area contributed by atoms with E-state index in [1.54, 1.807) is 10.6 Å². The Morgan fingerprint density at radius 2 is 1.46 bits per heavy atom. The van der Waals surface area contributed by atoms with Gasteiger partial charge < -0.3 is 15.0 Å². The molecule has 1 N–H and O–H groups in total. The Bertz CT molecular complexity index is 1240. The van der Waals surface area contributed by atoms with Crippen LogP contribution in [0.5, 0.6) is 5.75 Å². The topological polar surface area (TPSA) is 88.8 Å².